The van der Waals surface area contributed by atoms with Gasteiger partial charge in [0.15, 0.2) is 11.9 Å². The van der Waals surface area contributed by atoms with Crippen molar-refractivity contribution in [1.29, 1.82) is 0 Å². The van der Waals surface area contributed by atoms with E-state index in [0.717, 1.165) is 19.3 Å². The first-order chi connectivity index (χ1) is 17.5. The van der Waals surface area contributed by atoms with E-state index in [2.05, 4.69) is 12.2 Å². The van der Waals surface area contributed by atoms with Crippen LogP contribution in [0.3, 0.4) is 0 Å². The molecule has 4 N–H and O–H groups in total. The largest absolute Gasteiger partial charge is 0.506 e. The van der Waals surface area contributed by atoms with E-state index in [1.54, 1.807) is 32.9 Å². The number of amides is 1. The first-order valence-electron chi connectivity index (χ1n) is 12.7. The van der Waals surface area contributed by atoms with Crippen molar-refractivity contribution in [2.45, 2.75) is 78.3 Å². The molecule has 0 unspecified atom stereocenters. The zero-order chi connectivity index (χ0) is 28.1. The highest BCUT2D eigenvalue weighted by Gasteiger charge is 2.34. The summed E-state index contributed by atoms with van der Waals surface area (Å²) in [6.45, 7) is 9.15. The number of hydrogen-bond acceptors (Lipinski definition) is 7. The number of ether oxygens (including phenoxy) is 2. The molecule has 1 amide bonds. The van der Waals surface area contributed by atoms with Gasteiger partial charge < -0.3 is 30.1 Å². The normalized spacial score (nSPS) is 17.2. The molecule has 208 valence electrons. The number of phenols is 1. The second kappa shape index (κ2) is 16.6. The molecule has 1 aromatic rings. The summed E-state index contributed by atoms with van der Waals surface area (Å²) in [6, 6.07) is 4.58. The number of aromatic hydroxyl groups is 1. The van der Waals surface area contributed by atoms with E-state index in [4.69, 9.17) is 21.1 Å². The summed E-state index contributed by atoms with van der Waals surface area (Å²) < 4.78 is 10.9. The second-order valence-corrected chi connectivity index (χ2v) is 9.64. The topological polar surface area (TPSA) is 125 Å². The standard InChI is InChI=1S/C28H42ClNO7/c1-7-9-10-17(3)24(32)19(5)25(33)18(4)15-23(36-6)26(34)27(37-8-2)28(35)30-14-13-20-11-12-22(31)21(29)16-20/h11-17,19,23-24,26-27,31-32,34H,7-10H2,1-6H3,(H,30,35)/b14-13-,18-15+/t17-,19+,23-,24-,26-,27-/m1/s1. The third kappa shape index (κ3) is 10.2. The van der Waals surface area contributed by atoms with Crippen molar-refractivity contribution >= 4 is 29.4 Å². The Kier molecular flexibility index (Phi) is 14.7. The first kappa shape index (κ1) is 32.8. The van der Waals surface area contributed by atoms with Crippen LogP contribution in [-0.4, -0.2) is 65.1 Å². The van der Waals surface area contributed by atoms with E-state index in [0.29, 0.717) is 11.1 Å². The van der Waals surface area contributed by atoms with Crippen LogP contribution >= 0.6 is 11.6 Å². The van der Waals surface area contributed by atoms with Gasteiger partial charge in [0.2, 0.25) is 0 Å². The number of aliphatic hydroxyl groups is 2. The smallest absolute Gasteiger partial charge is 0.255 e. The minimum atomic E-state index is -1.41. The number of unbranched alkanes of at least 4 members (excludes halogenated alkanes) is 1. The summed E-state index contributed by atoms with van der Waals surface area (Å²) in [5, 5.41) is 33.8. The Balaban J connectivity index is 2.94. The molecule has 0 aromatic heterocycles. The predicted molar refractivity (Wildman–Crippen MR) is 145 cm³/mol. The number of hydrogen-bond donors (Lipinski definition) is 4. The van der Waals surface area contributed by atoms with Gasteiger partial charge in [-0.2, -0.15) is 0 Å². The molecular formula is C28H42ClNO7. The van der Waals surface area contributed by atoms with Crippen LogP contribution in [0.25, 0.3) is 6.08 Å². The highest BCUT2D eigenvalue weighted by Crippen LogP contribution is 2.24. The Labute approximate surface area is 225 Å². The number of halogens is 1. The molecule has 0 spiro atoms. The number of allylic oxidation sites excluding steroid dienone is 1. The van der Waals surface area contributed by atoms with Crippen molar-refractivity contribution in [3.63, 3.8) is 0 Å². The molecule has 0 saturated heterocycles. The van der Waals surface area contributed by atoms with Gasteiger partial charge in [0, 0.05) is 25.8 Å². The van der Waals surface area contributed by atoms with Crippen LogP contribution in [0.15, 0.2) is 36.0 Å². The number of nitrogens with one attached hydrogen (secondary N) is 1. The minimum Gasteiger partial charge on any atom is -0.506 e. The fraction of sp³-hybridized carbons (Fsp3) is 0.571. The average molecular weight is 540 g/mol. The predicted octanol–water partition coefficient (Wildman–Crippen LogP) is 4.25. The van der Waals surface area contributed by atoms with Crippen LogP contribution in [-0.2, 0) is 19.1 Å². The lowest BCUT2D eigenvalue weighted by Gasteiger charge is -2.27. The van der Waals surface area contributed by atoms with Gasteiger partial charge in [-0.05, 0) is 61.6 Å². The van der Waals surface area contributed by atoms with Crippen molar-refractivity contribution in [2.24, 2.45) is 11.8 Å². The first-order valence-corrected chi connectivity index (χ1v) is 13.0. The van der Waals surface area contributed by atoms with Crippen LogP contribution < -0.4 is 5.32 Å². The molecule has 0 bridgehead atoms. The average Bonchev–Trinajstić information content (AvgIpc) is 2.88. The summed E-state index contributed by atoms with van der Waals surface area (Å²) >= 11 is 5.89. The number of aliphatic hydroxyl groups excluding tert-OH is 2. The molecule has 9 heteroatoms. The Morgan fingerprint density at radius 2 is 1.84 bits per heavy atom. The van der Waals surface area contributed by atoms with Crippen LogP contribution in [0.5, 0.6) is 5.75 Å². The molecule has 6 atom stereocenters. The van der Waals surface area contributed by atoms with Crippen molar-refractivity contribution in [1.82, 2.24) is 5.32 Å². The van der Waals surface area contributed by atoms with E-state index < -0.39 is 36.2 Å². The van der Waals surface area contributed by atoms with Crippen molar-refractivity contribution in [2.75, 3.05) is 13.7 Å². The highest BCUT2D eigenvalue weighted by molar-refractivity contribution is 6.32. The van der Waals surface area contributed by atoms with E-state index in [1.807, 2.05) is 6.92 Å². The van der Waals surface area contributed by atoms with E-state index in [1.165, 1.54) is 31.5 Å². The monoisotopic (exact) mass is 539 g/mol. The van der Waals surface area contributed by atoms with Crippen molar-refractivity contribution in [3.05, 3.63) is 46.6 Å². The van der Waals surface area contributed by atoms with E-state index >= 15 is 0 Å². The van der Waals surface area contributed by atoms with E-state index in [9.17, 15) is 24.9 Å². The van der Waals surface area contributed by atoms with Gasteiger partial charge in [0.1, 0.15) is 18.0 Å². The highest BCUT2D eigenvalue weighted by atomic mass is 35.5. The van der Waals surface area contributed by atoms with Crippen LogP contribution in [0.2, 0.25) is 5.02 Å². The number of Topliss-reactive ketones (excluding diaryl/α,β-unsaturated/α-hetero) is 1. The van der Waals surface area contributed by atoms with Gasteiger partial charge in [-0.1, -0.05) is 51.3 Å². The zero-order valence-electron chi connectivity index (χ0n) is 22.6. The number of ketones is 1. The van der Waals surface area contributed by atoms with Gasteiger partial charge in [-0.3, -0.25) is 9.59 Å². The fourth-order valence-corrected chi connectivity index (χ4v) is 4.14. The Morgan fingerprint density at radius 1 is 1.16 bits per heavy atom. The molecule has 0 saturated carbocycles. The molecule has 0 aliphatic rings. The zero-order valence-corrected chi connectivity index (χ0v) is 23.4. The number of carbonyl (C=O) groups excluding carboxylic acids is 2. The van der Waals surface area contributed by atoms with Gasteiger partial charge in [0.05, 0.1) is 11.1 Å². The molecule has 0 fully saturated rings. The maximum atomic E-state index is 13.0. The Hall–Kier alpha value is -2.23. The lowest BCUT2D eigenvalue weighted by Crippen LogP contribution is -2.48. The molecule has 8 nitrogen and oxygen atoms in total. The molecule has 0 radical (unpaired) electrons. The summed E-state index contributed by atoms with van der Waals surface area (Å²) in [6.07, 6.45) is 2.75. The molecule has 0 heterocycles. The van der Waals surface area contributed by atoms with E-state index in [-0.39, 0.29) is 29.1 Å². The summed E-state index contributed by atoms with van der Waals surface area (Å²) in [7, 11) is 1.36. The number of carbonyl (C=O) groups is 2. The maximum Gasteiger partial charge on any atom is 0.255 e. The van der Waals surface area contributed by atoms with Gasteiger partial charge in [-0.15, -0.1) is 0 Å². The fourth-order valence-electron chi connectivity index (χ4n) is 3.95. The molecule has 1 aromatic carbocycles. The minimum absolute atomic E-state index is 0.0211. The van der Waals surface area contributed by atoms with Crippen LogP contribution in [0, 0.1) is 11.8 Å². The molecule has 37 heavy (non-hydrogen) atoms. The van der Waals surface area contributed by atoms with Crippen LogP contribution in [0.4, 0.5) is 0 Å². The van der Waals surface area contributed by atoms with Gasteiger partial charge >= 0.3 is 0 Å². The number of phenolic OH excluding ortho intramolecular Hbond substituents is 1. The van der Waals surface area contributed by atoms with Crippen LogP contribution in [0.1, 0.15) is 59.4 Å². The van der Waals surface area contributed by atoms with Crippen molar-refractivity contribution < 1.29 is 34.4 Å². The summed E-state index contributed by atoms with van der Waals surface area (Å²) in [5.41, 5.74) is 0.962. The Bertz CT molecular complexity index is 933. The van der Waals surface area contributed by atoms with Crippen molar-refractivity contribution in [3.8, 4) is 5.75 Å². The summed E-state index contributed by atoms with van der Waals surface area (Å²) in [4.78, 5) is 25.8. The molecular weight excluding hydrogens is 498 g/mol. The molecule has 0 aliphatic heterocycles. The lowest BCUT2D eigenvalue weighted by molar-refractivity contribution is -0.145. The van der Waals surface area contributed by atoms with Gasteiger partial charge in [-0.25, -0.2) is 0 Å². The quantitative estimate of drug-likeness (QED) is 0.231. The third-order valence-corrected chi connectivity index (χ3v) is 6.62. The van der Waals surface area contributed by atoms with Gasteiger partial charge in [0.25, 0.3) is 5.91 Å². The third-order valence-electron chi connectivity index (χ3n) is 6.32. The maximum absolute atomic E-state index is 13.0. The number of benzene rings is 1. The number of methoxy groups -OCH3 is 1. The number of rotatable bonds is 16. The SMILES string of the molecule is CCCC[C@@H](C)[C@@H](O)[C@H](C)C(=O)/C(C)=C/[C@@H](OC)[C@@H](O)[C@@H](OCC)C(=O)N/C=C\c1ccc(O)c(Cl)c1. The molecule has 1 rings (SSSR count). The molecule has 0 aliphatic carbocycles. The second-order valence-electron chi connectivity index (χ2n) is 9.23. The lowest BCUT2D eigenvalue weighted by atomic mass is 9.85. The summed E-state index contributed by atoms with van der Waals surface area (Å²) in [5.74, 6) is -1.55. The Morgan fingerprint density at radius 3 is 2.41 bits per heavy atom.